The lowest BCUT2D eigenvalue weighted by molar-refractivity contribution is -0.126. The number of amides is 1. The van der Waals surface area contributed by atoms with Gasteiger partial charge in [-0.1, -0.05) is 30.8 Å². The first kappa shape index (κ1) is 26.1. The number of aromatic hydroxyl groups is 1. The van der Waals surface area contributed by atoms with Crippen LogP contribution in [0.15, 0.2) is 49.1 Å². The number of anilines is 2. The van der Waals surface area contributed by atoms with Crippen molar-refractivity contribution in [2.75, 3.05) is 49.1 Å². The molecule has 1 saturated carbocycles. The highest BCUT2D eigenvalue weighted by Gasteiger charge is 2.29. The van der Waals surface area contributed by atoms with Crippen molar-refractivity contribution in [3.05, 3.63) is 60.3 Å². The minimum atomic E-state index is -0.0515. The molecule has 2 fully saturated rings. The molecule has 2 aromatic carbocycles. The van der Waals surface area contributed by atoms with Gasteiger partial charge < -0.3 is 24.5 Å². The molecule has 0 bridgehead atoms. The molecule has 3 heterocycles. The Morgan fingerprint density at radius 2 is 1.90 bits per heavy atom. The number of benzene rings is 2. The van der Waals surface area contributed by atoms with Gasteiger partial charge in [0.05, 0.1) is 18.8 Å². The zero-order chi connectivity index (χ0) is 27.6. The van der Waals surface area contributed by atoms with Gasteiger partial charge in [-0.3, -0.25) is 9.59 Å². The van der Waals surface area contributed by atoms with Crippen LogP contribution in [-0.4, -0.2) is 71.0 Å². The number of phenolic OH excluding ortho intramolecular Hbond substituents is 1. The summed E-state index contributed by atoms with van der Waals surface area (Å²) in [6.07, 6.45) is 5.21. The number of Topliss-reactive ketones (excluding diaryl/α,β-unsaturated/α-hetero) is 1. The van der Waals surface area contributed by atoms with Gasteiger partial charge in [0.1, 0.15) is 17.4 Å². The predicted octanol–water partition coefficient (Wildman–Crippen LogP) is 3.87. The van der Waals surface area contributed by atoms with Crippen LogP contribution < -0.4 is 14.5 Å². The van der Waals surface area contributed by atoms with E-state index in [1.165, 1.54) is 6.08 Å². The number of fused-ring (bicyclic) bond motifs is 2. The fraction of sp³-hybridized carbons (Fsp3) is 0.419. The number of hydrogen-bond donors (Lipinski definition) is 1. The first-order valence-corrected chi connectivity index (χ1v) is 14.2. The standard InChI is InChI=1S/C31H35N5O4/c1-2-29(39)34-12-14-35(15-13-34)30-26-10-11-36(28-18-24(38)17-22-7-3-4-9-25(22)28)19-27(26)32-31(33-30)40-20-21-6-5-8-23(37)16-21/h2-4,7,9,17-18,21,38H,1,5-6,8,10-16,19-20H2/t21-/m0/s1. The second-order valence-electron chi connectivity index (χ2n) is 10.9. The van der Waals surface area contributed by atoms with Gasteiger partial charge in [0.25, 0.3) is 0 Å². The Kier molecular flexibility index (Phi) is 7.28. The summed E-state index contributed by atoms with van der Waals surface area (Å²) in [5.74, 6) is 1.54. The quantitative estimate of drug-likeness (QED) is 0.470. The summed E-state index contributed by atoms with van der Waals surface area (Å²) in [6, 6.07) is 12.0. The molecule has 1 aromatic heterocycles. The molecule has 9 heteroatoms. The molecule has 1 aliphatic carbocycles. The first-order valence-electron chi connectivity index (χ1n) is 14.2. The van der Waals surface area contributed by atoms with Gasteiger partial charge in [0.15, 0.2) is 0 Å². The number of phenols is 1. The number of hydrogen-bond acceptors (Lipinski definition) is 8. The number of carbonyl (C=O) groups excluding carboxylic acids is 2. The smallest absolute Gasteiger partial charge is 0.318 e. The van der Waals surface area contributed by atoms with Crippen LogP contribution in [0.3, 0.4) is 0 Å². The molecule has 3 aromatic rings. The zero-order valence-corrected chi connectivity index (χ0v) is 22.7. The molecule has 0 radical (unpaired) electrons. The van der Waals surface area contributed by atoms with Crippen LogP contribution in [0.25, 0.3) is 10.8 Å². The van der Waals surface area contributed by atoms with Crippen molar-refractivity contribution in [2.24, 2.45) is 5.92 Å². The van der Waals surface area contributed by atoms with Gasteiger partial charge in [0, 0.05) is 68.3 Å². The summed E-state index contributed by atoms with van der Waals surface area (Å²) in [5.41, 5.74) is 2.98. The van der Waals surface area contributed by atoms with Crippen LogP contribution in [0.2, 0.25) is 0 Å². The summed E-state index contributed by atoms with van der Waals surface area (Å²) in [4.78, 5) is 40.2. The van der Waals surface area contributed by atoms with Gasteiger partial charge in [-0.25, -0.2) is 0 Å². The van der Waals surface area contributed by atoms with Gasteiger partial charge in [-0.2, -0.15) is 9.97 Å². The number of ketones is 1. The molecular weight excluding hydrogens is 506 g/mol. The van der Waals surface area contributed by atoms with Crippen LogP contribution in [0, 0.1) is 5.92 Å². The maximum atomic E-state index is 12.1. The van der Waals surface area contributed by atoms with Crippen LogP contribution in [0.4, 0.5) is 11.5 Å². The van der Waals surface area contributed by atoms with E-state index in [0.29, 0.717) is 64.0 Å². The first-order chi connectivity index (χ1) is 19.5. The molecule has 9 nitrogen and oxygen atoms in total. The fourth-order valence-corrected chi connectivity index (χ4v) is 6.17. The summed E-state index contributed by atoms with van der Waals surface area (Å²) < 4.78 is 6.16. The Balaban J connectivity index is 1.30. The van der Waals surface area contributed by atoms with Crippen molar-refractivity contribution in [2.45, 2.75) is 38.6 Å². The average molecular weight is 542 g/mol. The van der Waals surface area contributed by atoms with Crippen molar-refractivity contribution in [3.63, 3.8) is 0 Å². The lowest BCUT2D eigenvalue weighted by atomic mass is 9.89. The maximum absolute atomic E-state index is 12.1. The van der Waals surface area contributed by atoms with Crippen molar-refractivity contribution >= 4 is 34.0 Å². The molecular formula is C31H35N5O4. The molecule has 1 atom stereocenters. The number of piperazine rings is 1. The number of rotatable bonds is 6. The minimum absolute atomic E-state index is 0.0515. The Hall–Kier alpha value is -4.14. The third-order valence-corrected chi connectivity index (χ3v) is 8.29. The van der Waals surface area contributed by atoms with Crippen LogP contribution >= 0.6 is 0 Å². The van der Waals surface area contributed by atoms with E-state index in [-0.39, 0.29) is 17.6 Å². The SMILES string of the molecule is C=CC(=O)N1CCN(c2nc(OC[C@H]3CCCC(=O)C3)nc3c2CCN(c2cc(O)cc4ccccc24)C3)CC1. The molecule has 208 valence electrons. The van der Waals surface area contributed by atoms with E-state index in [2.05, 4.69) is 22.4 Å². The third-order valence-electron chi connectivity index (χ3n) is 8.29. The number of aromatic nitrogens is 2. The second-order valence-corrected chi connectivity index (χ2v) is 10.9. The fourth-order valence-electron chi connectivity index (χ4n) is 6.17. The Bertz CT molecular complexity index is 1450. The zero-order valence-electron chi connectivity index (χ0n) is 22.7. The molecule has 2 aliphatic heterocycles. The molecule has 6 rings (SSSR count). The van der Waals surface area contributed by atoms with E-state index in [1.807, 2.05) is 29.2 Å². The van der Waals surface area contributed by atoms with Gasteiger partial charge in [0.2, 0.25) is 5.91 Å². The van der Waals surface area contributed by atoms with E-state index >= 15 is 0 Å². The summed E-state index contributed by atoms with van der Waals surface area (Å²) in [6.45, 7) is 7.90. The molecule has 40 heavy (non-hydrogen) atoms. The highest BCUT2D eigenvalue weighted by Crippen LogP contribution is 2.36. The van der Waals surface area contributed by atoms with E-state index in [9.17, 15) is 14.7 Å². The van der Waals surface area contributed by atoms with Crippen molar-refractivity contribution in [1.29, 1.82) is 0 Å². The summed E-state index contributed by atoms with van der Waals surface area (Å²) in [7, 11) is 0. The lowest BCUT2D eigenvalue weighted by Gasteiger charge is -2.38. The van der Waals surface area contributed by atoms with Crippen LogP contribution in [0.5, 0.6) is 11.8 Å². The molecule has 1 saturated heterocycles. The molecule has 0 unspecified atom stereocenters. The minimum Gasteiger partial charge on any atom is -0.508 e. The van der Waals surface area contributed by atoms with Crippen molar-refractivity contribution in [1.82, 2.24) is 14.9 Å². The Morgan fingerprint density at radius 3 is 2.70 bits per heavy atom. The van der Waals surface area contributed by atoms with Crippen LogP contribution in [0.1, 0.15) is 36.9 Å². The maximum Gasteiger partial charge on any atom is 0.318 e. The highest BCUT2D eigenvalue weighted by molar-refractivity contribution is 5.95. The average Bonchev–Trinajstić information content (AvgIpc) is 2.98. The summed E-state index contributed by atoms with van der Waals surface area (Å²) >= 11 is 0. The van der Waals surface area contributed by atoms with Crippen molar-refractivity contribution < 1.29 is 19.4 Å². The normalized spacial score (nSPS) is 19.4. The largest absolute Gasteiger partial charge is 0.508 e. The summed E-state index contributed by atoms with van der Waals surface area (Å²) in [5, 5.41) is 12.5. The monoisotopic (exact) mass is 541 g/mol. The van der Waals surface area contributed by atoms with E-state index < -0.39 is 0 Å². The Labute approximate surface area is 234 Å². The molecule has 3 aliphatic rings. The van der Waals surface area contributed by atoms with Crippen molar-refractivity contribution in [3.8, 4) is 11.8 Å². The Morgan fingerprint density at radius 1 is 1.07 bits per heavy atom. The molecule has 0 spiro atoms. The lowest BCUT2D eigenvalue weighted by Crippen LogP contribution is -2.49. The third kappa shape index (κ3) is 5.33. The highest BCUT2D eigenvalue weighted by atomic mass is 16.5. The topological polar surface area (TPSA) is 99.1 Å². The van der Waals surface area contributed by atoms with Gasteiger partial charge in [-0.15, -0.1) is 0 Å². The van der Waals surface area contributed by atoms with Gasteiger partial charge in [-0.05, 0) is 42.7 Å². The second kappa shape index (κ2) is 11.2. The van der Waals surface area contributed by atoms with E-state index in [0.717, 1.165) is 59.3 Å². The number of nitrogens with zero attached hydrogens (tertiary/aromatic N) is 5. The predicted molar refractivity (Wildman–Crippen MR) is 154 cm³/mol. The van der Waals surface area contributed by atoms with Crippen LogP contribution in [-0.2, 0) is 22.6 Å². The molecule has 1 amide bonds. The molecule has 1 N–H and O–H groups in total. The number of ether oxygens (including phenoxy) is 1. The van der Waals surface area contributed by atoms with E-state index in [4.69, 9.17) is 14.7 Å². The number of carbonyl (C=O) groups is 2. The van der Waals surface area contributed by atoms with E-state index in [1.54, 1.807) is 6.07 Å². The van der Waals surface area contributed by atoms with Gasteiger partial charge >= 0.3 is 6.01 Å².